The molecule has 0 radical (unpaired) electrons. The van der Waals surface area contributed by atoms with Crippen LogP contribution in [0.2, 0.25) is 0 Å². The van der Waals surface area contributed by atoms with E-state index in [0.29, 0.717) is 25.7 Å². The molecule has 2 aromatic rings. The highest BCUT2D eigenvalue weighted by atomic mass is 16.5. The number of aryl methyl sites for hydroxylation is 2. The zero-order valence-corrected chi connectivity index (χ0v) is 12.3. The summed E-state index contributed by atoms with van der Waals surface area (Å²) in [6.07, 6.45) is 2.73. The van der Waals surface area contributed by atoms with E-state index in [0.717, 1.165) is 34.7 Å². The molecule has 1 aliphatic heterocycles. The molecule has 1 aromatic heterocycles. The molecular weight excluding hydrogens is 266 g/mol. The topological polar surface area (TPSA) is 56.3 Å². The maximum Gasteiger partial charge on any atom is 0.223 e. The zero-order chi connectivity index (χ0) is 14.7. The van der Waals surface area contributed by atoms with Gasteiger partial charge in [-0.05, 0) is 25.5 Å². The van der Waals surface area contributed by atoms with E-state index in [-0.39, 0.29) is 0 Å². The fourth-order valence-electron chi connectivity index (χ4n) is 2.18. The van der Waals surface area contributed by atoms with Crippen LogP contribution in [0.3, 0.4) is 0 Å². The van der Waals surface area contributed by atoms with Crippen LogP contribution in [0, 0.1) is 13.8 Å². The van der Waals surface area contributed by atoms with E-state index in [4.69, 9.17) is 9.47 Å². The summed E-state index contributed by atoms with van der Waals surface area (Å²) >= 11 is 0. The molecule has 0 saturated carbocycles. The Morgan fingerprint density at radius 2 is 2.05 bits per heavy atom. The zero-order valence-electron chi connectivity index (χ0n) is 12.3. The minimum absolute atomic E-state index is 0.606. The summed E-state index contributed by atoms with van der Waals surface area (Å²) < 4.78 is 11.5. The third kappa shape index (κ3) is 3.07. The van der Waals surface area contributed by atoms with Gasteiger partial charge in [0.25, 0.3) is 0 Å². The molecule has 0 fully saturated rings. The molecule has 3 rings (SSSR count). The molecule has 1 aliphatic rings. The Balaban J connectivity index is 1.77. The summed E-state index contributed by atoms with van der Waals surface area (Å²) in [5.74, 6) is 2.27. The van der Waals surface area contributed by atoms with Gasteiger partial charge in [-0.15, -0.1) is 0 Å². The van der Waals surface area contributed by atoms with Gasteiger partial charge in [0, 0.05) is 30.4 Å². The lowest BCUT2D eigenvalue weighted by molar-refractivity contribution is 0.296. The van der Waals surface area contributed by atoms with Gasteiger partial charge in [0.15, 0.2) is 11.5 Å². The summed E-state index contributed by atoms with van der Waals surface area (Å²) in [5, 5.41) is 3.24. The number of ether oxygens (including phenoxy) is 2. The van der Waals surface area contributed by atoms with Gasteiger partial charge in [0.1, 0.15) is 0 Å². The number of para-hydroxylation sites is 1. The van der Waals surface area contributed by atoms with Crippen molar-refractivity contribution in [3.63, 3.8) is 0 Å². The normalized spacial score (nSPS) is 13.6. The van der Waals surface area contributed by atoms with E-state index in [1.54, 1.807) is 0 Å². The van der Waals surface area contributed by atoms with Crippen molar-refractivity contribution in [3.8, 4) is 11.5 Å². The van der Waals surface area contributed by atoms with Gasteiger partial charge in [-0.2, -0.15) is 0 Å². The van der Waals surface area contributed by atoms with Gasteiger partial charge in [0.2, 0.25) is 5.95 Å². The molecule has 0 saturated heterocycles. The monoisotopic (exact) mass is 285 g/mol. The first-order chi connectivity index (χ1) is 10.2. The predicted octanol–water partition coefficient (Wildman–Crippen LogP) is 2.87. The van der Waals surface area contributed by atoms with Crippen LogP contribution in [-0.4, -0.2) is 23.2 Å². The number of nitrogens with one attached hydrogen (secondary N) is 1. The van der Waals surface area contributed by atoms with Gasteiger partial charge in [-0.1, -0.05) is 12.1 Å². The smallest absolute Gasteiger partial charge is 0.223 e. The molecule has 110 valence electrons. The number of fused-ring (bicyclic) bond motifs is 1. The number of anilines is 1. The minimum atomic E-state index is 0.606. The second-order valence-corrected chi connectivity index (χ2v) is 5.11. The molecule has 0 unspecified atom stereocenters. The lowest BCUT2D eigenvalue weighted by atomic mass is 10.2. The molecule has 0 spiro atoms. The van der Waals surface area contributed by atoms with E-state index in [1.165, 1.54) is 0 Å². The Kier molecular flexibility index (Phi) is 3.90. The maximum atomic E-state index is 5.81. The second kappa shape index (κ2) is 5.99. The standard InChI is InChI=1S/C16H19N3O2/c1-11-9-17-16(19-12(11)2)18-10-13-5-3-6-14-15(13)21-8-4-7-20-14/h3,5-6,9H,4,7-8,10H2,1-2H3,(H,17,18,19). The molecule has 0 bridgehead atoms. The molecule has 21 heavy (non-hydrogen) atoms. The number of hydrogen-bond donors (Lipinski definition) is 1. The van der Waals surface area contributed by atoms with Crippen LogP contribution in [0.5, 0.6) is 11.5 Å². The summed E-state index contributed by atoms with van der Waals surface area (Å²) in [4.78, 5) is 8.71. The molecule has 2 heterocycles. The van der Waals surface area contributed by atoms with E-state index in [9.17, 15) is 0 Å². The molecular formula is C16H19N3O2. The molecule has 5 heteroatoms. The van der Waals surface area contributed by atoms with Crippen LogP contribution in [0.15, 0.2) is 24.4 Å². The van der Waals surface area contributed by atoms with E-state index in [2.05, 4.69) is 15.3 Å². The first-order valence-corrected chi connectivity index (χ1v) is 7.15. The number of aromatic nitrogens is 2. The van der Waals surface area contributed by atoms with Crippen LogP contribution in [0.25, 0.3) is 0 Å². The summed E-state index contributed by atoms with van der Waals surface area (Å²) in [7, 11) is 0. The fraction of sp³-hybridized carbons (Fsp3) is 0.375. The largest absolute Gasteiger partial charge is 0.490 e. The quantitative estimate of drug-likeness (QED) is 0.939. The Morgan fingerprint density at radius 1 is 1.19 bits per heavy atom. The highest BCUT2D eigenvalue weighted by molar-refractivity contribution is 5.48. The van der Waals surface area contributed by atoms with Crippen LogP contribution < -0.4 is 14.8 Å². The Bertz CT molecular complexity index is 643. The second-order valence-electron chi connectivity index (χ2n) is 5.11. The lowest BCUT2D eigenvalue weighted by Crippen LogP contribution is -2.07. The van der Waals surface area contributed by atoms with Crippen molar-refractivity contribution >= 4 is 5.95 Å². The van der Waals surface area contributed by atoms with E-state index in [1.807, 2.05) is 38.2 Å². The first-order valence-electron chi connectivity index (χ1n) is 7.15. The van der Waals surface area contributed by atoms with Crippen molar-refractivity contribution in [2.24, 2.45) is 0 Å². The predicted molar refractivity (Wildman–Crippen MR) is 80.9 cm³/mol. The summed E-state index contributed by atoms with van der Waals surface area (Å²) in [6, 6.07) is 5.95. The lowest BCUT2D eigenvalue weighted by Gasteiger charge is -2.13. The fourth-order valence-corrected chi connectivity index (χ4v) is 2.18. The third-order valence-electron chi connectivity index (χ3n) is 3.51. The third-order valence-corrected chi connectivity index (χ3v) is 3.51. The van der Waals surface area contributed by atoms with Gasteiger partial charge < -0.3 is 14.8 Å². The summed E-state index contributed by atoms with van der Waals surface area (Å²) in [5.41, 5.74) is 3.13. The highest BCUT2D eigenvalue weighted by Crippen LogP contribution is 2.33. The first kappa shape index (κ1) is 13.7. The van der Waals surface area contributed by atoms with Crippen molar-refractivity contribution in [2.75, 3.05) is 18.5 Å². The average Bonchev–Trinajstić information content (AvgIpc) is 2.74. The number of rotatable bonds is 3. The molecule has 0 amide bonds. The number of nitrogens with zero attached hydrogens (tertiary/aromatic N) is 2. The van der Waals surface area contributed by atoms with Crippen molar-refractivity contribution < 1.29 is 9.47 Å². The molecule has 0 atom stereocenters. The summed E-state index contributed by atoms with van der Waals surface area (Å²) in [6.45, 7) is 5.97. The van der Waals surface area contributed by atoms with E-state index >= 15 is 0 Å². The maximum absolute atomic E-state index is 5.81. The number of hydrogen-bond acceptors (Lipinski definition) is 5. The minimum Gasteiger partial charge on any atom is -0.490 e. The molecule has 1 aromatic carbocycles. The van der Waals surface area contributed by atoms with Gasteiger partial charge in [-0.3, -0.25) is 0 Å². The Morgan fingerprint density at radius 3 is 2.90 bits per heavy atom. The van der Waals surface area contributed by atoms with Crippen molar-refractivity contribution in [2.45, 2.75) is 26.8 Å². The van der Waals surface area contributed by atoms with Gasteiger partial charge in [-0.25, -0.2) is 9.97 Å². The highest BCUT2D eigenvalue weighted by Gasteiger charge is 2.14. The molecule has 0 aliphatic carbocycles. The molecule has 1 N–H and O–H groups in total. The van der Waals surface area contributed by atoms with E-state index < -0.39 is 0 Å². The van der Waals surface area contributed by atoms with Crippen LogP contribution in [0.4, 0.5) is 5.95 Å². The van der Waals surface area contributed by atoms with Crippen LogP contribution in [-0.2, 0) is 6.54 Å². The Labute approximate surface area is 124 Å². The van der Waals surface area contributed by atoms with Crippen molar-refractivity contribution in [1.82, 2.24) is 9.97 Å². The SMILES string of the molecule is Cc1cnc(NCc2cccc3c2OCCCO3)nc1C. The Hall–Kier alpha value is -2.30. The molecule has 5 nitrogen and oxygen atoms in total. The van der Waals surface area contributed by atoms with Crippen molar-refractivity contribution in [3.05, 3.63) is 41.2 Å². The van der Waals surface area contributed by atoms with Crippen LogP contribution >= 0.6 is 0 Å². The van der Waals surface area contributed by atoms with Crippen LogP contribution in [0.1, 0.15) is 23.2 Å². The number of benzene rings is 1. The van der Waals surface area contributed by atoms with Gasteiger partial charge in [0.05, 0.1) is 13.2 Å². The van der Waals surface area contributed by atoms with Crippen molar-refractivity contribution in [1.29, 1.82) is 0 Å². The van der Waals surface area contributed by atoms with Gasteiger partial charge >= 0.3 is 0 Å². The average molecular weight is 285 g/mol.